The molecule has 1 fully saturated rings. The van der Waals surface area contributed by atoms with Crippen molar-refractivity contribution in [2.45, 2.75) is 19.3 Å². The van der Waals surface area contributed by atoms with E-state index in [1.165, 1.54) is 6.07 Å². The summed E-state index contributed by atoms with van der Waals surface area (Å²) >= 11 is 0. The molecule has 2 aromatic carbocycles. The van der Waals surface area contributed by atoms with E-state index in [-0.39, 0.29) is 11.7 Å². The van der Waals surface area contributed by atoms with Gasteiger partial charge in [-0.3, -0.25) is 4.79 Å². The molecular weight excluding hydrogens is 310 g/mol. The van der Waals surface area contributed by atoms with E-state index in [1.807, 2.05) is 24.3 Å². The Hall–Kier alpha value is -1.93. The zero-order valence-corrected chi connectivity index (χ0v) is 14.3. The number of halogens is 1. The largest absolute Gasteiger partial charge is 0.398 e. The number of amides is 1. The zero-order chi connectivity index (χ0) is 16.8. The summed E-state index contributed by atoms with van der Waals surface area (Å²) in [6.07, 6.45) is 2.72. The maximum atomic E-state index is 13.6. The van der Waals surface area contributed by atoms with Gasteiger partial charge in [-0.15, -0.1) is 9.24 Å². The first-order valence-corrected chi connectivity index (χ1v) is 8.18. The molecule has 2 aromatic rings. The standard InChI is InChI=1S/C13H13FNP.C5H9NO/c14-12-5-2-6-13(15)11(12)8-9-3-1-4-10(16)7-9;1-6-5(7)4-2-3-4/h1-7H,8,15-16H2;4H,2-3H2,1H3,(H,6,7). The number of nitrogens with one attached hydrogen (secondary N) is 1. The van der Waals surface area contributed by atoms with Crippen LogP contribution in [0.15, 0.2) is 42.5 Å². The summed E-state index contributed by atoms with van der Waals surface area (Å²) in [5, 5.41) is 3.68. The number of benzene rings is 2. The number of nitrogens with two attached hydrogens (primary N) is 1. The third-order valence-corrected chi connectivity index (χ3v) is 4.04. The normalized spacial score (nSPS) is 13.0. The first kappa shape index (κ1) is 17.4. The molecule has 0 heterocycles. The summed E-state index contributed by atoms with van der Waals surface area (Å²) in [5.41, 5.74) is 7.90. The van der Waals surface area contributed by atoms with Crippen LogP contribution in [0.4, 0.5) is 10.1 Å². The van der Waals surface area contributed by atoms with E-state index in [4.69, 9.17) is 5.73 Å². The monoisotopic (exact) mass is 332 g/mol. The first-order chi connectivity index (χ1) is 11.0. The number of hydrogen-bond donors (Lipinski definition) is 2. The average molecular weight is 332 g/mol. The molecule has 1 unspecified atom stereocenters. The van der Waals surface area contributed by atoms with Crippen molar-refractivity contribution in [3.8, 4) is 0 Å². The lowest BCUT2D eigenvalue weighted by Gasteiger charge is -2.07. The van der Waals surface area contributed by atoms with E-state index in [9.17, 15) is 9.18 Å². The van der Waals surface area contributed by atoms with Gasteiger partial charge in [0, 0.05) is 30.6 Å². The minimum Gasteiger partial charge on any atom is -0.398 e. The molecule has 0 radical (unpaired) electrons. The van der Waals surface area contributed by atoms with Crippen molar-refractivity contribution in [1.29, 1.82) is 0 Å². The van der Waals surface area contributed by atoms with E-state index in [2.05, 4.69) is 14.6 Å². The molecule has 1 aliphatic carbocycles. The Kier molecular flexibility index (Phi) is 6.12. The molecule has 3 N–H and O–H groups in total. The van der Waals surface area contributed by atoms with E-state index in [0.29, 0.717) is 23.6 Å². The number of carbonyl (C=O) groups excluding carboxylic acids is 1. The molecule has 5 heteroatoms. The molecule has 3 nitrogen and oxygen atoms in total. The van der Waals surface area contributed by atoms with Crippen LogP contribution in [-0.2, 0) is 11.2 Å². The SMILES string of the molecule is CNC(=O)C1CC1.Nc1cccc(F)c1Cc1cccc(P)c1. The van der Waals surface area contributed by atoms with Gasteiger partial charge in [0.05, 0.1) is 0 Å². The van der Waals surface area contributed by atoms with Gasteiger partial charge in [0.25, 0.3) is 0 Å². The van der Waals surface area contributed by atoms with E-state index < -0.39 is 0 Å². The molecule has 3 rings (SSSR count). The Morgan fingerprint density at radius 1 is 1.30 bits per heavy atom. The van der Waals surface area contributed by atoms with E-state index >= 15 is 0 Å². The quantitative estimate of drug-likeness (QED) is 0.671. The van der Waals surface area contributed by atoms with Gasteiger partial charge < -0.3 is 11.1 Å². The Labute approximate surface area is 138 Å². The van der Waals surface area contributed by atoms with Crippen LogP contribution in [-0.4, -0.2) is 13.0 Å². The fraction of sp³-hybridized carbons (Fsp3) is 0.278. The van der Waals surface area contributed by atoms with Gasteiger partial charge in [0.2, 0.25) is 5.91 Å². The van der Waals surface area contributed by atoms with Gasteiger partial charge in [-0.2, -0.15) is 0 Å². The summed E-state index contributed by atoms with van der Waals surface area (Å²) in [5.74, 6) is 0.333. The highest BCUT2D eigenvalue weighted by atomic mass is 31.0. The second-order valence-electron chi connectivity index (χ2n) is 5.62. The maximum absolute atomic E-state index is 13.6. The van der Waals surface area contributed by atoms with Crippen LogP contribution in [0.1, 0.15) is 24.0 Å². The Bertz CT molecular complexity index is 666. The molecule has 0 spiro atoms. The molecule has 0 aromatic heterocycles. The second kappa shape index (κ2) is 8.07. The molecule has 1 saturated carbocycles. The van der Waals surface area contributed by atoms with E-state index in [1.54, 1.807) is 19.2 Å². The number of nitrogen functional groups attached to an aromatic ring is 1. The van der Waals surface area contributed by atoms with Crippen molar-refractivity contribution in [3.63, 3.8) is 0 Å². The minimum absolute atomic E-state index is 0.208. The molecule has 1 amide bonds. The molecule has 0 bridgehead atoms. The fourth-order valence-corrected chi connectivity index (χ4v) is 2.54. The van der Waals surface area contributed by atoms with Crippen molar-refractivity contribution >= 4 is 26.1 Å². The van der Waals surface area contributed by atoms with Crippen LogP contribution in [0.2, 0.25) is 0 Å². The minimum atomic E-state index is -0.242. The second-order valence-corrected chi connectivity index (χ2v) is 6.28. The summed E-state index contributed by atoms with van der Waals surface area (Å²) in [6, 6.07) is 12.7. The Balaban J connectivity index is 0.000000229. The summed E-state index contributed by atoms with van der Waals surface area (Å²) in [6.45, 7) is 0. The summed E-state index contributed by atoms with van der Waals surface area (Å²) in [4.78, 5) is 10.5. The molecule has 1 aliphatic rings. The number of anilines is 1. The van der Waals surface area contributed by atoms with Crippen LogP contribution in [0.3, 0.4) is 0 Å². The van der Waals surface area contributed by atoms with Gasteiger partial charge in [0.15, 0.2) is 0 Å². The number of rotatable bonds is 3. The predicted molar refractivity (Wildman–Crippen MR) is 96.2 cm³/mol. The van der Waals surface area contributed by atoms with Crippen molar-refractivity contribution in [3.05, 3.63) is 59.4 Å². The topological polar surface area (TPSA) is 55.1 Å². The van der Waals surface area contributed by atoms with Crippen molar-refractivity contribution < 1.29 is 9.18 Å². The summed E-state index contributed by atoms with van der Waals surface area (Å²) < 4.78 is 13.6. The van der Waals surface area contributed by atoms with Crippen LogP contribution < -0.4 is 16.4 Å². The number of hydrogen-bond acceptors (Lipinski definition) is 2. The van der Waals surface area contributed by atoms with Crippen molar-refractivity contribution in [2.75, 3.05) is 12.8 Å². The zero-order valence-electron chi connectivity index (χ0n) is 13.2. The first-order valence-electron chi connectivity index (χ1n) is 7.60. The summed E-state index contributed by atoms with van der Waals surface area (Å²) in [7, 11) is 4.31. The lowest BCUT2D eigenvalue weighted by molar-refractivity contribution is -0.121. The molecule has 23 heavy (non-hydrogen) atoms. The highest BCUT2D eigenvalue weighted by molar-refractivity contribution is 7.27. The van der Waals surface area contributed by atoms with Crippen LogP contribution in [0, 0.1) is 11.7 Å². The molecule has 0 saturated heterocycles. The highest BCUT2D eigenvalue weighted by Gasteiger charge is 2.28. The molecule has 0 aliphatic heterocycles. The Morgan fingerprint density at radius 3 is 2.52 bits per heavy atom. The predicted octanol–water partition coefficient (Wildman–Crippen LogP) is 2.64. The maximum Gasteiger partial charge on any atom is 0.222 e. The molecular formula is C18H22FN2OP. The van der Waals surface area contributed by atoms with Gasteiger partial charge in [-0.25, -0.2) is 4.39 Å². The lowest BCUT2D eigenvalue weighted by Crippen LogP contribution is -2.18. The van der Waals surface area contributed by atoms with Crippen molar-refractivity contribution in [1.82, 2.24) is 5.32 Å². The van der Waals surface area contributed by atoms with E-state index in [0.717, 1.165) is 23.7 Å². The lowest BCUT2D eigenvalue weighted by atomic mass is 10.0. The molecule has 122 valence electrons. The smallest absolute Gasteiger partial charge is 0.222 e. The third-order valence-electron chi connectivity index (χ3n) is 3.68. The highest BCUT2D eigenvalue weighted by Crippen LogP contribution is 2.28. The molecule has 1 atom stereocenters. The van der Waals surface area contributed by atoms with Crippen LogP contribution in [0.25, 0.3) is 0 Å². The Morgan fingerprint density at radius 2 is 2.00 bits per heavy atom. The van der Waals surface area contributed by atoms with Gasteiger partial charge in [0.1, 0.15) is 5.82 Å². The van der Waals surface area contributed by atoms with Gasteiger partial charge in [-0.05, 0) is 35.8 Å². The fourth-order valence-electron chi connectivity index (χ4n) is 2.22. The average Bonchev–Trinajstić information content (AvgIpc) is 3.36. The van der Waals surface area contributed by atoms with Crippen LogP contribution in [0.5, 0.6) is 0 Å². The third kappa shape index (κ3) is 5.33. The van der Waals surface area contributed by atoms with Gasteiger partial charge >= 0.3 is 0 Å². The van der Waals surface area contributed by atoms with Gasteiger partial charge in [-0.1, -0.05) is 30.3 Å². The number of carbonyl (C=O) groups is 1. The van der Waals surface area contributed by atoms with Crippen molar-refractivity contribution in [2.24, 2.45) is 5.92 Å². The van der Waals surface area contributed by atoms with Crippen LogP contribution >= 0.6 is 9.24 Å².